The molecule has 3 heterocycles. The zero-order chi connectivity index (χ0) is 58.8. The molecule has 0 radical (unpaired) electrons. The predicted molar refractivity (Wildman–Crippen MR) is 360 cm³/mol. The predicted octanol–water partition coefficient (Wildman–Crippen LogP) is 21.0. The Hall–Kier alpha value is -7.76. The largest absolute Gasteiger partial charge is 0.456 e. The van der Waals surface area contributed by atoms with Crippen LogP contribution in [-0.2, 0) is 32.5 Å². The van der Waals surface area contributed by atoms with E-state index in [9.17, 15) is 0 Å². The zero-order valence-corrected chi connectivity index (χ0v) is 52.4. The van der Waals surface area contributed by atoms with Gasteiger partial charge in [0.1, 0.15) is 11.2 Å². The van der Waals surface area contributed by atoms with E-state index in [-0.39, 0.29) is 39.3 Å². The SMILES string of the molecule is Cc1cc2c(cc1N1c3ccc(N(c4ccc(C(C)(C)C)cc4)c4cccc(C(C)(C)C)c4)cc3B3c4c(cc(-c5ccccc5)cc41)-c1cc4oc5ccccc5c4cc1N3c1ccc3c(c1)C(C)(C)CCC3(C)C)C(C)(C)CCC2(C)C. The minimum Gasteiger partial charge on any atom is -0.456 e. The Morgan fingerprint density at radius 1 is 0.429 bits per heavy atom. The average Bonchev–Trinajstić information content (AvgIpc) is 0.901. The summed E-state index contributed by atoms with van der Waals surface area (Å²) in [7, 11) is 0. The van der Waals surface area contributed by atoms with Gasteiger partial charge in [0.05, 0.1) is 0 Å². The highest BCUT2D eigenvalue weighted by molar-refractivity contribution is 6.93. The van der Waals surface area contributed by atoms with E-state index in [0.29, 0.717) is 0 Å². The average molecular weight is 1100 g/mol. The van der Waals surface area contributed by atoms with Crippen molar-refractivity contribution in [2.45, 2.75) is 162 Å². The molecular formula is C79H82BN3O. The Bertz CT molecular complexity index is 4310. The van der Waals surface area contributed by atoms with Crippen LogP contribution in [0.5, 0.6) is 0 Å². The van der Waals surface area contributed by atoms with Crippen LogP contribution < -0.4 is 25.5 Å². The van der Waals surface area contributed by atoms with Gasteiger partial charge < -0.3 is 19.0 Å². The number of aryl methyl sites for hydroxylation is 1. The lowest BCUT2D eigenvalue weighted by molar-refractivity contribution is 0.332. The van der Waals surface area contributed by atoms with Gasteiger partial charge in [-0.3, -0.25) is 0 Å². The lowest BCUT2D eigenvalue weighted by atomic mass is 9.43. The Morgan fingerprint density at radius 3 is 1.74 bits per heavy atom. The quantitative estimate of drug-likeness (QED) is 0.155. The summed E-state index contributed by atoms with van der Waals surface area (Å²) in [5, 5.41) is 2.26. The highest BCUT2D eigenvalue weighted by Crippen LogP contribution is 2.55. The maximum Gasteiger partial charge on any atom is 0.333 e. The van der Waals surface area contributed by atoms with Gasteiger partial charge in [-0.1, -0.05) is 182 Å². The summed E-state index contributed by atoms with van der Waals surface area (Å²) >= 11 is 0. The first-order chi connectivity index (χ1) is 39.8. The first kappa shape index (κ1) is 54.2. The molecular weight excluding hydrogens is 1020 g/mol. The lowest BCUT2D eigenvalue weighted by Crippen LogP contribution is -2.61. The zero-order valence-electron chi connectivity index (χ0n) is 52.4. The van der Waals surface area contributed by atoms with Crippen molar-refractivity contribution in [3.63, 3.8) is 0 Å². The molecule has 0 amide bonds. The first-order valence-electron chi connectivity index (χ1n) is 31.0. The molecule has 9 aromatic carbocycles. The summed E-state index contributed by atoms with van der Waals surface area (Å²) in [5.74, 6) is 0. The van der Waals surface area contributed by atoms with E-state index >= 15 is 0 Å². The maximum absolute atomic E-state index is 6.91. The minimum atomic E-state index is -0.244. The number of benzene rings is 9. The molecule has 4 aliphatic rings. The van der Waals surface area contributed by atoms with Crippen LogP contribution in [0.4, 0.5) is 45.5 Å². The molecule has 0 unspecified atom stereocenters. The molecule has 0 bridgehead atoms. The van der Waals surface area contributed by atoms with Crippen molar-refractivity contribution < 1.29 is 4.42 Å². The fourth-order valence-corrected chi connectivity index (χ4v) is 15.0. The summed E-state index contributed by atoms with van der Waals surface area (Å²) in [6.07, 6.45) is 4.58. The second-order valence-electron chi connectivity index (χ2n) is 30.0. The molecule has 422 valence electrons. The monoisotopic (exact) mass is 1100 g/mol. The van der Waals surface area contributed by atoms with Crippen LogP contribution in [0, 0.1) is 6.92 Å². The Labute approximate surface area is 500 Å². The van der Waals surface area contributed by atoms with Gasteiger partial charge in [0, 0.05) is 61.8 Å². The molecule has 84 heavy (non-hydrogen) atoms. The number of hydrogen-bond acceptors (Lipinski definition) is 4. The smallest absolute Gasteiger partial charge is 0.333 e. The van der Waals surface area contributed by atoms with Crippen LogP contribution in [0.25, 0.3) is 44.2 Å². The van der Waals surface area contributed by atoms with E-state index in [1.807, 2.05) is 0 Å². The van der Waals surface area contributed by atoms with Gasteiger partial charge in [-0.05, 0) is 223 Å². The molecule has 0 atom stereocenters. The number of rotatable bonds is 6. The van der Waals surface area contributed by atoms with Gasteiger partial charge >= 0.3 is 6.85 Å². The third kappa shape index (κ3) is 8.60. The van der Waals surface area contributed by atoms with Gasteiger partial charge in [0.25, 0.3) is 0 Å². The molecule has 0 spiro atoms. The molecule has 10 aromatic rings. The van der Waals surface area contributed by atoms with Gasteiger partial charge in [-0.2, -0.15) is 0 Å². The van der Waals surface area contributed by atoms with Crippen LogP contribution in [-0.4, -0.2) is 6.85 Å². The van der Waals surface area contributed by atoms with Crippen molar-refractivity contribution in [2.75, 3.05) is 14.6 Å². The summed E-state index contributed by atoms with van der Waals surface area (Å²) in [4.78, 5) is 7.94. The van der Waals surface area contributed by atoms with E-state index < -0.39 is 0 Å². The van der Waals surface area contributed by atoms with Crippen molar-refractivity contribution in [1.29, 1.82) is 0 Å². The lowest BCUT2D eigenvalue weighted by Gasteiger charge is -2.48. The number of nitrogens with zero attached hydrogens (tertiary/aromatic N) is 3. The van der Waals surface area contributed by atoms with E-state index in [4.69, 9.17) is 4.42 Å². The summed E-state index contributed by atoms with van der Waals surface area (Å²) in [6, 6.07) is 68.3. The van der Waals surface area contributed by atoms with Gasteiger partial charge in [0.15, 0.2) is 0 Å². The van der Waals surface area contributed by atoms with Crippen molar-refractivity contribution in [3.05, 3.63) is 215 Å². The summed E-state index contributed by atoms with van der Waals surface area (Å²) < 4.78 is 6.91. The van der Waals surface area contributed by atoms with E-state index in [0.717, 1.165) is 64.7 Å². The summed E-state index contributed by atoms with van der Waals surface area (Å²) in [5.41, 5.74) is 28.3. The second kappa shape index (κ2) is 18.6. The van der Waals surface area contributed by atoms with Crippen LogP contribution in [0.2, 0.25) is 0 Å². The molecule has 0 saturated heterocycles. The molecule has 2 aliphatic heterocycles. The highest BCUT2D eigenvalue weighted by Gasteiger charge is 2.48. The van der Waals surface area contributed by atoms with Crippen molar-refractivity contribution in [1.82, 2.24) is 0 Å². The molecule has 4 nitrogen and oxygen atoms in total. The molecule has 14 rings (SSSR count). The topological polar surface area (TPSA) is 22.9 Å². The Balaban J connectivity index is 1.13. The van der Waals surface area contributed by atoms with Crippen molar-refractivity contribution >= 4 is 85.2 Å². The van der Waals surface area contributed by atoms with Gasteiger partial charge in [0.2, 0.25) is 0 Å². The normalized spacial score (nSPS) is 17.1. The first-order valence-corrected chi connectivity index (χ1v) is 31.0. The van der Waals surface area contributed by atoms with Crippen LogP contribution >= 0.6 is 0 Å². The number of fused-ring (bicyclic) bond motifs is 9. The fourth-order valence-electron chi connectivity index (χ4n) is 15.0. The highest BCUT2D eigenvalue weighted by atomic mass is 16.3. The van der Waals surface area contributed by atoms with E-state index in [1.54, 1.807) is 0 Å². The van der Waals surface area contributed by atoms with Crippen molar-refractivity contribution in [2.24, 2.45) is 0 Å². The minimum absolute atomic E-state index is 0.00323. The van der Waals surface area contributed by atoms with Crippen molar-refractivity contribution in [3.8, 4) is 22.3 Å². The third-order valence-corrected chi connectivity index (χ3v) is 20.4. The molecule has 5 heteroatoms. The number of furan rings is 1. The standard InChI is InChI=1S/C79H82BN3O/c1-49-40-63-65(79(14,15)39-38-77(63,10)11)48-68(49)82-67-35-33-56(81(54-30-28-52(29-31-54)74(2,3)4)55-25-21-24-53(43-55)75(5,6)7)45-66(67)80-73-61(41-51(42-70(73)82)50-22-17-16-18-23-50)59-47-72-60(58-26-19-20-27-71(58)84-72)46-69(59)83(80)57-32-34-62-64(44-57)78(12,13)37-36-76(62,8)9/h16-35,40-48H,36-39H2,1-15H3. The molecule has 2 aliphatic carbocycles. The van der Waals surface area contributed by atoms with Crippen LogP contribution in [0.3, 0.4) is 0 Å². The number of anilines is 8. The fraction of sp³-hybridized carbons (Fsp3) is 0.316. The number of para-hydroxylation sites is 1. The van der Waals surface area contributed by atoms with E-state index in [2.05, 4.69) is 294 Å². The van der Waals surface area contributed by atoms with Crippen LogP contribution in [0.1, 0.15) is 162 Å². The Morgan fingerprint density at radius 2 is 1.05 bits per heavy atom. The number of hydrogen-bond donors (Lipinski definition) is 0. The Kier molecular flexibility index (Phi) is 12.0. The second-order valence-corrected chi connectivity index (χ2v) is 30.0. The third-order valence-electron chi connectivity index (χ3n) is 20.4. The summed E-state index contributed by atoms with van der Waals surface area (Å²) in [6.45, 7) is 35.7. The molecule has 0 N–H and O–H groups in total. The van der Waals surface area contributed by atoms with E-state index in [1.165, 1.54) is 101 Å². The molecule has 0 saturated carbocycles. The molecule has 1 aromatic heterocycles. The van der Waals surface area contributed by atoms with Crippen LogP contribution in [0.15, 0.2) is 180 Å². The van der Waals surface area contributed by atoms with Gasteiger partial charge in [-0.15, -0.1) is 0 Å². The van der Waals surface area contributed by atoms with Gasteiger partial charge in [-0.25, -0.2) is 0 Å². The maximum atomic E-state index is 6.91. The molecule has 0 fully saturated rings.